The Labute approximate surface area is 186 Å². The van der Waals surface area contributed by atoms with Gasteiger partial charge in [0.2, 0.25) is 0 Å². The van der Waals surface area contributed by atoms with Crippen LogP contribution in [0.15, 0.2) is 60.7 Å². The average Bonchev–Trinajstić information content (AvgIpc) is 3.45. The van der Waals surface area contributed by atoms with Gasteiger partial charge in [0.05, 0.1) is 19.7 Å². The van der Waals surface area contributed by atoms with Crippen molar-refractivity contribution >= 4 is 11.8 Å². The monoisotopic (exact) mass is 437 g/mol. The van der Waals surface area contributed by atoms with Gasteiger partial charge in [0.25, 0.3) is 11.8 Å². The molecule has 0 unspecified atom stereocenters. The molecular formula is C24H27N3O5. The predicted molar refractivity (Wildman–Crippen MR) is 116 cm³/mol. The molecular weight excluding hydrogens is 410 g/mol. The minimum Gasteiger partial charge on any atom is -0.356 e. The van der Waals surface area contributed by atoms with E-state index in [9.17, 15) is 9.59 Å². The molecule has 8 heteroatoms. The first-order valence-electron chi connectivity index (χ1n) is 10.8. The predicted octanol–water partition coefficient (Wildman–Crippen LogP) is 1.73. The second-order valence-electron chi connectivity index (χ2n) is 8.90. The van der Waals surface area contributed by atoms with Crippen LogP contribution in [-0.4, -0.2) is 66.3 Å². The maximum atomic E-state index is 12.5. The van der Waals surface area contributed by atoms with E-state index in [1.807, 2.05) is 50.2 Å². The highest BCUT2D eigenvalue weighted by molar-refractivity contribution is 5.94. The normalized spacial score (nSPS) is 33.1. The molecule has 2 N–H and O–H groups in total. The van der Waals surface area contributed by atoms with Gasteiger partial charge in [0.1, 0.15) is 29.9 Å². The van der Waals surface area contributed by atoms with Crippen LogP contribution in [0.5, 0.6) is 0 Å². The second kappa shape index (κ2) is 7.97. The summed E-state index contributed by atoms with van der Waals surface area (Å²) in [7, 11) is 0. The molecule has 3 aliphatic heterocycles. The number of hydrogen-bond acceptors (Lipinski definition) is 6. The smallest absolute Gasteiger partial charge is 0.251 e. The molecule has 168 valence electrons. The molecule has 3 saturated heterocycles. The number of nitrogens with one attached hydrogen (secondary N) is 2. The molecule has 0 radical (unpaired) electrons. The molecule has 0 spiro atoms. The van der Waals surface area contributed by atoms with Crippen molar-refractivity contribution in [3.8, 4) is 0 Å². The van der Waals surface area contributed by atoms with Crippen molar-refractivity contribution in [2.45, 2.75) is 43.7 Å². The Morgan fingerprint density at radius 1 is 0.844 bits per heavy atom. The number of nitrogens with zero attached hydrogens (tertiary/aromatic N) is 1. The zero-order chi connectivity index (χ0) is 22.3. The Bertz CT molecular complexity index is 948. The van der Waals surface area contributed by atoms with Crippen molar-refractivity contribution < 1.29 is 23.8 Å². The topological polar surface area (TPSA) is 89.1 Å². The number of benzene rings is 2. The van der Waals surface area contributed by atoms with Crippen LogP contribution in [0.3, 0.4) is 0 Å². The van der Waals surface area contributed by atoms with Gasteiger partial charge in [0.15, 0.2) is 0 Å². The van der Waals surface area contributed by atoms with Gasteiger partial charge in [-0.1, -0.05) is 36.4 Å². The molecule has 2 amide bonds. The highest BCUT2D eigenvalue weighted by Crippen LogP contribution is 2.48. The Morgan fingerprint density at radius 3 is 1.88 bits per heavy atom. The first kappa shape index (κ1) is 21.1. The van der Waals surface area contributed by atoms with E-state index in [1.165, 1.54) is 0 Å². The molecule has 2 aromatic rings. The van der Waals surface area contributed by atoms with Gasteiger partial charge in [-0.05, 0) is 38.1 Å². The van der Waals surface area contributed by atoms with Crippen LogP contribution in [0.25, 0.3) is 0 Å². The van der Waals surface area contributed by atoms with Crippen molar-refractivity contribution in [3.63, 3.8) is 0 Å². The quantitative estimate of drug-likeness (QED) is 0.716. The van der Waals surface area contributed by atoms with Crippen molar-refractivity contribution in [2.75, 3.05) is 19.7 Å². The molecule has 0 saturated carbocycles. The molecule has 0 aromatic heterocycles. The molecule has 3 heterocycles. The summed E-state index contributed by atoms with van der Waals surface area (Å²) in [6, 6.07) is 18.1. The molecule has 5 atom stereocenters. The summed E-state index contributed by atoms with van der Waals surface area (Å²) in [5.74, 6) is -0.322. The van der Waals surface area contributed by atoms with Crippen molar-refractivity contribution in [1.82, 2.24) is 15.5 Å². The van der Waals surface area contributed by atoms with Gasteiger partial charge in [-0.2, -0.15) is 0 Å². The van der Waals surface area contributed by atoms with Gasteiger partial charge in [-0.25, -0.2) is 4.90 Å². The summed E-state index contributed by atoms with van der Waals surface area (Å²) in [6.07, 6.45) is -1.01. The fourth-order valence-corrected chi connectivity index (χ4v) is 4.69. The van der Waals surface area contributed by atoms with Gasteiger partial charge in [-0.15, -0.1) is 0 Å². The number of hydrogen-bond donors (Lipinski definition) is 2. The van der Waals surface area contributed by atoms with Gasteiger partial charge in [0, 0.05) is 11.1 Å². The maximum absolute atomic E-state index is 12.5. The first-order chi connectivity index (χ1) is 15.4. The lowest BCUT2D eigenvalue weighted by atomic mass is 10.0. The van der Waals surface area contributed by atoms with Crippen molar-refractivity contribution in [2.24, 2.45) is 0 Å². The lowest BCUT2D eigenvalue weighted by Gasteiger charge is -2.32. The fraction of sp³-hybridized carbons (Fsp3) is 0.417. The Morgan fingerprint density at radius 2 is 1.34 bits per heavy atom. The highest BCUT2D eigenvalue weighted by Gasteiger charge is 2.67. The number of rotatable bonds is 6. The minimum atomic E-state index is -0.752. The zero-order valence-electron chi connectivity index (χ0n) is 18.1. The summed E-state index contributed by atoms with van der Waals surface area (Å²) < 4.78 is 18.7. The van der Waals surface area contributed by atoms with Gasteiger partial charge >= 0.3 is 0 Å². The van der Waals surface area contributed by atoms with Crippen LogP contribution in [0.1, 0.15) is 34.6 Å². The molecule has 8 nitrogen and oxygen atoms in total. The van der Waals surface area contributed by atoms with Crippen LogP contribution in [0, 0.1) is 0 Å². The summed E-state index contributed by atoms with van der Waals surface area (Å²) in [4.78, 5) is 27.2. The van der Waals surface area contributed by atoms with E-state index in [2.05, 4.69) is 15.5 Å². The van der Waals surface area contributed by atoms with Crippen LogP contribution in [-0.2, 0) is 14.2 Å². The van der Waals surface area contributed by atoms with Crippen molar-refractivity contribution in [1.29, 1.82) is 0 Å². The molecule has 3 aliphatic rings. The van der Waals surface area contributed by atoms with Gasteiger partial charge in [-0.3, -0.25) is 9.59 Å². The van der Waals surface area contributed by atoms with E-state index in [-0.39, 0.29) is 37.4 Å². The fourth-order valence-electron chi connectivity index (χ4n) is 4.69. The summed E-state index contributed by atoms with van der Waals surface area (Å²) in [6.45, 7) is 4.86. The molecule has 0 bridgehead atoms. The SMILES string of the molecule is C[C@@]1(CNC(=O)c2ccccc2)O[C@H]2CO[C@@H]3N2[C@H]1O[C@@]3(C)CNC(=O)c1ccccc1. The molecule has 32 heavy (non-hydrogen) atoms. The van der Waals surface area contributed by atoms with E-state index in [1.54, 1.807) is 24.3 Å². The molecule has 5 rings (SSSR count). The third-order valence-electron chi connectivity index (χ3n) is 6.37. The number of ether oxygens (including phenoxy) is 3. The van der Waals surface area contributed by atoms with E-state index in [0.717, 1.165) is 0 Å². The largest absolute Gasteiger partial charge is 0.356 e. The van der Waals surface area contributed by atoms with Crippen molar-refractivity contribution in [3.05, 3.63) is 71.8 Å². The molecule has 2 aromatic carbocycles. The van der Waals surface area contributed by atoms with E-state index >= 15 is 0 Å². The van der Waals surface area contributed by atoms with Gasteiger partial charge < -0.3 is 24.8 Å². The van der Waals surface area contributed by atoms with Crippen LogP contribution in [0.2, 0.25) is 0 Å². The lowest BCUT2D eigenvalue weighted by Crippen LogP contribution is -2.51. The van der Waals surface area contributed by atoms with E-state index < -0.39 is 17.4 Å². The van der Waals surface area contributed by atoms with Crippen LogP contribution >= 0.6 is 0 Å². The average molecular weight is 437 g/mol. The number of carbonyl (C=O) groups excluding carboxylic acids is 2. The Hall–Kier alpha value is -2.78. The summed E-state index contributed by atoms with van der Waals surface area (Å²) >= 11 is 0. The van der Waals surface area contributed by atoms with Crippen LogP contribution < -0.4 is 10.6 Å². The Balaban J connectivity index is 1.27. The third kappa shape index (κ3) is 3.59. The minimum absolute atomic E-state index is 0.161. The molecule has 3 fully saturated rings. The highest BCUT2D eigenvalue weighted by atomic mass is 16.7. The van der Waals surface area contributed by atoms with E-state index in [4.69, 9.17) is 14.2 Å². The lowest BCUT2D eigenvalue weighted by molar-refractivity contribution is -0.126. The van der Waals surface area contributed by atoms with Crippen LogP contribution in [0.4, 0.5) is 0 Å². The van der Waals surface area contributed by atoms with E-state index in [0.29, 0.717) is 17.7 Å². The molecule has 0 aliphatic carbocycles. The zero-order valence-corrected chi connectivity index (χ0v) is 18.1. The maximum Gasteiger partial charge on any atom is 0.251 e. The number of amides is 2. The second-order valence-corrected chi connectivity index (χ2v) is 8.90. The summed E-state index contributed by atoms with van der Waals surface area (Å²) in [5.41, 5.74) is -0.315. The Kier molecular flexibility index (Phi) is 5.25. The summed E-state index contributed by atoms with van der Waals surface area (Å²) in [5, 5.41) is 5.94. The standard InChI is InChI=1S/C24H27N3O5/c1-23(14-25-19(28)16-9-5-3-6-10-16)21-27-18(13-30-21)31-24(2,22(27)32-23)15-26-20(29)17-11-7-4-8-12-17/h3-12,18,21-22H,13-15H2,1-2H3,(H,25,28)(H,26,29)/t18-,21-,22-,23-,24-/m0/s1. The first-order valence-corrected chi connectivity index (χ1v) is 10.8. The third-order valence-corrected chi connectivity index (χ3v) is 6.37. The number of carbonyl (C=O) groups is 2.